The van der Waals surface area contributed by atoms with Gasteiger partial charge in [-0.1, -0.05) is 36.3 Å². The first-order valence-corrected chi connectivity index (χ1v) is 6.87. The number of ether oxygens (including phenoxy) is 1. The number of para-hydroxylation sites is 1. The van der Waals surface area contributed by atoms with Gasteiger partial charge in [-0.15, -0.1) is 6.42 Å². The first-order valence-electron chi connectivity index (χ1n) is 6.87. The van der Waals surface area contributed by atoms with Crippen molar-refractivity contribution >= 4 is 0 Å². The molecule has 100 valence electrons. The molecule has 0 saturated heterocycles. The zero-order valence-electron chi connectivity index (χ0n) is 11.3. The third kappa shape index (κ3) is 2.68. The summed E-state index contributed by atoms with van der Waals surface area (Å²) >= 11 is 0. The average Bonchev–Trinajstić information content (AvgIpc) is 2.53. The normalized spacial score (nSPS) is 16.9. The minimum atomic E-state index is 0.354. The molecule has 1 aliphatic heterocycles. The average molecular weight is 263 g/mol. The number of rotatable bonds is 3. The van der Waals surface area contributed by atoms with Crippen LogP contribution in [0, 0.1) is 12.3 Å². The Morgan fingerprint density at radius 1 is 1.15 bits per heavy atom. The fourth-order valence-electron chi connectivity index (χ4n) is 2.51. The van der Waals surface area contributed by atoms with E-state index in [0.717, 1.165) is 30.9 Å². The van der Waals surface area contributed by atoms with Gasteiger partial charge in [-0.05, 0) is 23.8 Å². The summed E-state index contributed by atoms with van der Waals surface area (Å²) in [6.07, 6.45) is 6.36. The summed E-state index contributed by atoms with van der Waals surface area (Å²) in [5.74, 6) is 3.63. The largest absolute Gasteiger partial charge is 0.493 e. The Morgan fingerprint density at radius 2 is 1.95 bits per heavy atom. The van der Waals surface area contributed by atoms with Gasteiger partial charge in [-0.25, -0.2) is 0 Å². The lowest BCUT2D eigenvalue weighted by Crippen LogP contribution is -2.26. The molecule has 2 nitrogen and oxygen atoms in total. The van der Waals surface area contributed by atoms with E-state index < -0.39 is 0 Å². The van der Waals surface area contributed by atoms with E-state index in [0.29, 0.717) is 6.04 Å². The van der Waals surface area contributed by atoms with Crippen LogP contribution in [0.5, 0.6) is 5.75 Å². The van der Waals surface area contributed by atoms with Crippen LogP contribution in [-0.2, 0) is 6.54 Å². The van der Waals surface area contributed by atoms with Crippen molar-refractivity contribution in [3.8, 4) is 18.1 Å². The van der Waals surface area contributed by atoms with E-state index in [1.165, 1.54) is 11.1 Å². The molecule has 0 amide bonds. The topological polar surface area (TPSA) is 21.3 Å². The van der Waals surface area contributed by atoms with Gasteiger partial charge in [-0.2, -0.15) is 0 Å². The molecule has 2 aromatic rings. The van der Waals surface area contributed by atoms with Crippen molar-refractivity contribution in [3.05, 3.63) is 65.2 Å². The van der Waals surface area contributed by atoms with Crippen LogP contribution in [0.2, 0.25) is 0 Å². The first-order chi connectivity index (χ1) is 9.86. The van der Waals surface area contributed by atoms with Crippen LogP contribution in [0.25, 0.3) is 0 Å². The number of terminal acetylenes is 1. The van der Waals surface area contributed by atoms with E-state index in [2.05, 4.69) is 35.5 Å². The van der Waals surface area contributed by atoms with Gasteiger partial charge in [0.2, 0.25) is 0 Å². The van der Waals surface area contributed by atoms with Gasteiger partial charge >= 0.3 is 0 Å². The number of hydrogen-bond donors (Lipinski definition) is 1. The molecule has 20 heavy (non-hydrogen) atoms. The maximum absolute atomic E-state index is 5.67. The molecule has 1 heterocycles. The lowest BCUT2D eigenvalue weighted by molar-refractivity contribution is 0.252. The van der Waals surface area contributed by atoms with Gasteiger partial charge in [-0.3, -0.25) is 0 Å². The highest BCUT2D eigenvalue weighted by Crippen LogP contribution is 2.31. The minimum absolute atomic E-state index is 0.354. The van der Waals surface area contributed by atoms with Gasteiger partial charge in [0.1, 0.15) is 5.75 Å². The second-order valence-corrected chi connectivity index (χ2v) is 4.95. The molecule has 0 spiro atoms. The quantitative estimate of drug-likeness (QED) is 0.858. The summed E-state index contributed by atoms with van der Waals surface area (Å²) in [7, 11) is 0. The lowest BCUT2D eigenvalue weighted by atomic mass is 10.0. The van der Waals surface area contributed by atoms with E-state index in [9.17, 15) is 0 Å². The monoisotopic (exact) mass is 263 g/mol. The number of nitrogens with one attached hydrogen (secondary N) is 1. The Bertz CT molecular complexity index is 625. The molecule has 1 unspecified atom stereocenters. The molecule has 2 heteroatoms. The Balaban J connectivity index is 1.68. The van der Waals surface area contributed by atoms with E-state index in [1.807, 2.05) is 24.3 Å². The highest BCUT2D eigenvalue weighted by Gasteiger charge is 2.20. The van der Waals surface area contributed by atoms with Crippen molar-refractivity contribution in [2.24, 2.45) is 0 Å². The smallest absolute Gasteiger partial charge is 0.124 e. The summed E-state index contributed by atoms with van der Waals surface area (Å²) in [4.78, 5) is 0. The molecule has 1 atom stereocenters. The van der Waals surface area contributed by atoms with Gasteiger partial charge < -0.3 is 10.1 Å². The van der Waals surface area contributed by atoms with Crippen molar-refractivity contribution < 1.29 is 4.74 Å². The van der Waals surface area contributed by atoms with E-state index in [1.54, 1.807) is 0 Å². The summed E-state index contributed by atoms with van der Waals surface area (Å²) in [6.45, 7) is 1.61. The van der Waals surface area contributed by atoms with Crippen molar-refractivity contribution in [3.63, 3.8) is 0 Å². The zero-order valence-corrected chi connectivity index (χ0v) is 11.3. The number of fused-ring (bicyclic) bond motifs is 1. The Kier molecular flexibility index (Phi) is 3.71. The van der Waals surface area contributed by atoms with Crippen molar-refractivity contribution in [2.75, 3.05) is 6.61 Å². The van der Waals surface area contributed by atoms with E-state index in [-0.39, 0.29) is 0 Å². The first kappa shape index (κ1) is 12.8. The fourth-order valence-corrected chi connectivity index (χ4v) is 2.51. The predicted octanol–water partition coefficient (Wildman–Crippen LogP) is 3.28. The van der Waals surface area contributed by atoms with Gasteiger partial charge in [0, 0.05) is 30.1 Å². The molecular weight excluding hydrogens is 246 g/mol. The summed E-state index contributed by atoms with van der Waals surface area (Å²) in [5.41, 5.74) is 3.41. The Hall–Kier alpha value is -2.24. The highest BCUT2D eigenvalue weighted by molar-refractivity contribution is 5.38. The lowest BCUT2D eigenvalue weighted by Gasteiger charge is -2.26. The highest BCUT2D eigenvalue weighted by atomic mass is 16.5. The standard InChI is InChI=1S/C18H17NO/c1-2-14-7-9-15(10-8-14)13-19-17-11-12-20-18-6-4-3-5-16(17)18/h1,3-10,17,19H,11-13H2. The summed E-state index contributed by atoms with van der Waals surface area (Å²) < 4.78 is 5.67. The van der Waals surface area contributed by atoms with Crippen molar-refractivity contribution in [1.82, 2.24) is 5.32 Å². The summed E-state index contributed by atoms with van der Waals surface area (Å²) in [5, 5.41) is 3.60. The number of benzene rings is 2. The molecule has 0 radical (unpaired) electrons. The molecule has 0 aliphatic carbocycles. The van der Waals surface area contributed by atoms with E-state index in [4.69, 9.17) is 11.2 Å². The van der Waals surface area contributed by atoms with Gasteiger partial charge in [0.15, 0.2) is 0 Å². The molecule has 1 N–H and O–H groups in total. The van der Waals surface area contributed by atoms with Crippen LogP contribution in [0.3, 0.4) is 0 Å². The third-order valence-corrected chi connectivity index (χ3v) is 3.63. The molecule has 0 fully saturated rings. The fraction of sp³-hybridized carbons (Fsp3) is 0.222. The molecule has 1 aliphatic rings. The molecule has 0 bridgehead atoms. The van der Waals surface area contributed by atoms with E-state index >= 15 is 0 Å². The second-order valence-electron chi connectivity index (χ2n) is 4.95. The van der Waals surface area contributed by atoms with Crippen LogP contribution in [0.1, 0.15) is 29.2 Å². The van der Waals surface area contributed by atoms with Crippen LogP contribution >= 0.6 is 0 Å². The van der Waals surface area contributed by atoms with Crippen molar-refractivity contribution in [2.45, 2.75) is 19.0 Å². The molecule has 0 saturated carbocycles. The maximum Gasteiger partial charge on any atom is 0.124 e. The SMILES string of the molecule is C#Cc1ccc(CNC2CCOc3ccccc32)cc1. The predicted molar refractivity (Wildman–Crippen MR) is 80.5 cm³/mol. The third-order valence-electron chi connectivity index (χ3n) is 3.63. The number of hydrogen-bond acceptors (Lipinski definition) is 2. The van der Waals surface area contributed by atoms with Crippen LogP contribution < -0.4 is 10.1 Å². The van der Waals surface area contributed by atoms with Gasteiger partial charge in [0.05, 0.1) is 6.61 Å². The molecular formula is C18H17NO. The van der Waals surface area contributed by atoms with Gasteiger partial charge in [0.25, 0.3) is 0 Å². The molecule has 2 aromatic carbocycles. The van der Waals surface area contributed by atoms with Crippen LogP contribution in [-0.4, -0.2) is 6.61 Å². The second kappa shape index (κ2) is 5.81. The maximum atomic E-state index is 5.67. The Morgan fingerprint density at radius 3 is 2.75 bits per heavy atom. The summed E-state index contributed by atoms with van der Waals surface area (Å²) in [6, 6.07) is 16.7. The zero-order chi connectivity index (χ0) is 13.8. The minimum Gasteiger partial charge on any atom is -0.493 e. The molecule has 0 aromatic heterocycles. The van der Waals surface area contributed by atoms with Crippen molar-refractivity contribution in [1.29, 1.82) is 0 Å². The van der Waals surface area contributed by atoms with Crippen LogP contribution in [0.15, 0.2) is 48.5 Å². The molecule has 3 rings (SSSR count). The Labute approximate surface area is 119 Å². The van der Waals surface area contributed by atoms with Crippen LogP contribution in [0.4, 0.5) is 0 Å².